The van der Waals surface area contributed by atoms with E-state index in [1.807, 2.05) is 18.2 Å². The molecule has 1 aromatic heterocycles. The van der Waals surface area contributed by atoms with Crippen LogP contribution in [0.1, 0.15) is 38.5 Å². The van der Waals surface area contributed by atoms with Crippen LogP contribution >= 0.6 is 24.0 Å². The van der Waals surface area contributed by atoms with Crippen LogP contribution in [0.25, 0.3) is 11.0 Å². The summed E-state index contributed by atoms with van der Waals surface area (Å²) in [6, 6.07) is 8.51. The number of rotatable bonds is 5. The summed E-state index contributed by atoms with van der Waals surface area (Å²) in [5.74, 6) is 1.77. The topological polar surface area (TPSA) is 49.6 Å². The normalized spacial score (nSPS) is 12.8. The van der Waals surface area contributed by atoms with Gasteiger partial charge < -0.3 is 15.1 Å². The number of guanidine groups is 1. The fraction of sp³-hybridized carbons (Fsp3) is 0.471. The van der Waals surface area contributed by atoms with E-state index in [9.17, 15) is 0 Å². The number of fused-ring (bicyclic) bond motifs is 1. The molecular weight excluding hydrogens is 389 g/mol. The van der Waals surface area contributed by atoms with E-state index in [1.54, 1.807) is 0 Å². The molecule has 0 bridgehead atoms. The van der Waals surface area contributed by atoms with Gasteiger partial charge in [-0.05, 0) is 33.3 Å². The van der Waals surface area contributed by atoms with Gasteiger partial charge in [-0.2, -0.15) is 0 Å². The molecule has 122 valence electrons. The number of hydrogen-bond acceptors (Lipinski definition) is 2. The summed E-state index contributed by atoms with van der Waals surface area (Å²) in [5, 5.41) is 7.83. The minimum absolute atomic E-state index is 0. The van der Waals surface area contributed by atoms with Gasteiger partial charge in [-0.1, -0.05) is 25.1 Å². The number of halogens is 1. The molecule has 1 heterocycles. The van der Waals surface area contributed by atoms with Crippen LogP contribution in [0, 0.1) is 6.92 Å². The zero-order valence-corrected chi connectivity index (χ0v) is 16.1. The Morgan fingerprint density at radius 2 is 2.00 bits per heavy atom. The molecule has 0 aliphatic heterocycles. The Labute approximate surface area is 149 Å². The summed E-state index contributed by atoms with van der Waals surface area (Å²) in [6.45, 7) is 9.86. The molecule has 0 radical (unpaired) electrons. The first-order chi connectivity index (χ1) is 10.2. The average Bonchev–Trinajstić information content (AvgIpc) is 2.82. The van der Waals surface area contributed by atoms with Crippen molar-refractivity contribution in [3.8, 4) is 0 Å². The minimum atomic E-state index is 0. The number of hydrogen-bond donors (Lipinski definition) is 2. The molecule has 1 unspecified atom stereocenters. The molecule has 2 rings (SSSR count). The smallest absolute Gasteiger partial charge is 0.191 e. The lowest BCUT2D eigenvalue weighted by atomic mass is 10.1. The van der Waals surface area contributed by atoms with E-state index in [4.69, 9.17) is 4.42 Å². The molecule has 5 heteroatoms. The van der Waals surface area contributed by atoms with Gasteiger partial charge in [0.25, 0.3) is 0 Å². The van der Waals surface area contributed by atoms with E-state index in [1.165, 1.54) is 10.9 Å². The molecule has 1 aromatic carbocycles. The van der Waals surface area contributed by atoms with Crippen LogP contribution in [0.3, 0.4) is 0 Å². The molecule has 0 amide bonds. The van der Waals surface area contributed by atoms with Gasteiger partial charge in [0.15, 0.2) is 5.96 Å². The van der Waals surface area contributed by atoms with Crippen LogP contribution in [0.2, 0.25) is 0 Å². The molecule has 0 spiro atoms. The van der Waals surface area contributed by atoms with E-state index >= 15 is 0 Å². The van der Waals surface area contributed by atoms with Crippen LogP contribution in [-0.4, -0.2) is 18.5 Å². The number of furan rings is 1. The van der Waals surface area contributed by atoms with Crippen LogP contribution in [0.15, 0.2) is 33.7 Å². The summed E-state index contributed by atoms with van der Waals surface area (Å²) in [7, 11) is 0. The largest absolute Gasteiger partial charge is 0.459 e. The molecular formula is C17H26IN3O. The Bertz CT molecular complexity index is 621. The van der Waals surface area contributed by atoms with Crippen molar-refractivity contribution in [1.82, 2.24) is 10.6 Å². The van der Waals surface area contributed by atoms with Gasteiger partial charge in [0, 0.05) is 23.5 Å². The number of aryl methyl sites for hydroxylation is 1. The van der Waals surface area contributed by atoms with Crippen molar-refractivity contribution < 1.29 is 4.42 Å². The van der Waals surface area contributed by atoms with E-state index in [0.29, 0.717) is 12.6 Å². The monoisotopic (exact) mass is 415 g/mol. The maximum atomic E-state index is 5.90. The first kappa shape index (κ1) is 18.8. The zero-order chi connectivity index (χ0) is 15.2. The van der Waals surface area contributed by atoms with Gasteiger partial charge in [0.1, 0.15) is 17.9 Å². The number of nitrogens with one attached hydrogen (secondary N) is 2. The van der Waals surface area contributed by atoms with Crippen molar-refractivity contribution >= 4 is 40.9 Å². The van der Waals surface area contributed by atoms with Crippen molar-refractivity contribution in [3.05, 3.63) is 35.6 Å². The number of para-hydroxylation sites is 1. The lowest BCUT2D eigenvalue weighted by Gasteiger charge is -2.15. The Hall–Kier alpha value is -1.24. The molecule has 0 saturated carbocycles. The second-order valence-electron chi connectivity index (χ2n) is 5.30. The van der Waals surface area contributed by atoms with Crippen LogP contribution in [0.5, 0.6) is 0 Å². The Kier molecular flexibility index (Phi) is 7.72. The van der Waals surface area contributed by atoms with Gasteiger partial charge in [-0.25, -0.2) is 4.99 Å². The summed E-state index contributed by atoms with van der Waals surface area (Å²) in [5.41, 5.74) is 2.11. The first-order valence-electron chi connectivity index (χ1n) is 7.67. The Morgan fingerprint density at radius 1 is 1.27 bits per heavy atom. The maximum Gasteiger partial charge on any atom is 0.191 e. The van der Waals surface area contributed by atoms with Crippen molar-refractivity contribution in [1.29, 1.82) is 0 Å². The predicted molar refractivity (Wildman–Crippen MR) is 104 cm³/mol. The Balaban J connectivity index is 0.00000242. The van der Waals surface area contributed by atoms with Crippen molar-refractivity contribution in [2.45, 2.75) is 46.7 Å². The maximum absolute atomic E-state index is 5.90. The van der Waals surface area contributed by atoms with E-state index in [0.717, 1.165) is 30.3 Å². The molecule has 1 atom stereocenters. The highest BCUT2D eigenvalue weighted by Crippen LogP contribution is 2.25. The standard InChI is InChI=1S/C17H25N3O.HI/c1-5-12(3)20-17(18-6-2)19-11-16-13(4)14-9-7-8-10-15(14)21-16;/h7-10,12H,5-6,11H2,1-4H3,(H2,18,19,20);1H. The third-order valence-electron chi connectivity index (χ3n) is 3.66. The minimum Gasteiger partial charge on any atom is -0.459 e. The predicted octanol–water partition coefficient (Wildman–Crippen LogP) is 4.21. The van der Waals surface area contributed by atoms with Crippen LogP contribution < -0.4 is 10.6 Å². The zero-order valence-electron chi connectivity index (χ0n) is 13.8. The number of aliphatic imine (C=N–C) groups is 1. The van der Waals surface area contributed by atoms with Crippen molar-refractivity contribution in [2.24, 2.45) is 4.99 Å². The van der Waals surface area contributed by atoms with Gasteiger partial charge >= 0.3 is 0 Å². The fourth-order valence-corrected chi connectivity index (χ4v) is 2.18. The molecule has 2 N–H and O–H groups in total. The third kappa shape index (κ3) is 4.63. The third-order valence-corrected chi connectivity index (χ3v) is 3.66. The highest BCUT2D eigenvalue weighted by atomic mass is 127. The van der Waals surface area contributed by atoms with E-state index in [-0.39, 0.29) is 24.0 Å². The van der Waals surface area contributed by atoms with E-state index in [2.05, 4.69) is 49.4 Å². The summed E-state index contributed by atoms with van der Waals surface area (Å²) >= 11 is 0. The second-order valence-corrected chi connectivity index (χ2v) is 5.30. The summed E-state index contributed by atoms with van der Waals surface area (Å²) in [6.07, 6.45) is 1.06. The van der Waals surface area contributed by atoms with Crippen LogP contribution in [-0.2, 0) is 6.54 Å². The van der Waals surface area contributed by atoms with Crippen LogP contribution in [0.4, 0.5) is 0 Å². The van der Waals surface area contributed by atoms with Gasteiger partial charge in [0.05, 0.1) is 0 Å². The highest BCUT2D eigenvalue weighted by molar-refractivity contribution is 14.0. The molecule has 0 aliphatic rings. The van der Waals surface area contributed by atoms with Gasteiger partial charge in [-0.3, -0.25) is 0 Å². The quantitative estimate of drug-likeness (QED) is 0.437. The SMILES string of the molecule is CCNC(=NCc1oc2ccccc2c1C)NC(C)CC.I. The fourth-order valence-electron chi connectivity index (χ4n) is 2.18. The Morgan fingerprint density at radius 3 is 2.64 bits per heavy atom. The molecule has 4 nitrogen and oxygen atoms in total. The molecule has 0 aliphatic carbocycles. The van der Waals surface area contributed by atoms with Gasteiger partial charge in [0.2, 0.25) is 0 Å². The second kappa shape index (κ2) is 9.02. The molecule has 0 saturated heterocycles. The molecule has 2 aromatic rings. The highest BCUT2D eigenvalue weighted by Gasteiger charge is 2.10. The average molecular weight is 415 g/mol. The number of benzene rings is 1. The summed E-state index contributed by atoms with van der Waals surface area (Å²) in [4.78, 5) is 4.63. The van der Waals surface area contributed by atoms with Gasteiger partial charge in [-0.15, -0.1) is 24.0 Å². The summed E-state index contributed by atoms with van der Waals surface area (Å²) < 4.78 is 5.90. The molecule has 22 heavy (non-hydrogen) atoms. The lowest BCUT2D eigenvalue weighted by molar-refractivity contribution is 0.546. The van der Waals surface area contributed by atoms with Crippen molar-refractivity contribution in [2.75, 3.05) is 6.54 Å². The molecule has 0 fully saturated rings. The number of nitrogens with zero attached hydrogens (tertiary/aromatic N) is 1. The van der Waals surface area contributed by atoms with Crippen molar-refractivity contribution in [3.63, 3.8) is 0 Å². The van der Waals surface area contributed by atoms with E-state index < -0.39 is 0 Å². The lowest BCUT2D eigenvalue weighted by Crippen LogP contribution is -2.41. The first-order valence-corrected chi connectivity index (χ1v) is 7.67.